The van der Waals surface area contributed by atoms with Gasteiger partial charge in [0.15, 0.2) is 0 Å². The second-order valence-electron chi connectivity index (χ2n) is 5.19. The molecule has 0 spiro atoms. The van der Waals surface area contributed by atoms with Crippen LogP contribution < -0.4 is 5.73 Å². The van der Waals surface area contributed by atoms with Gasteiger partial charge in [-0.2, -0.15) is 5.10 Å². The second-order valence-corrected chi connectivity index (χ2v) is 5.19. The molecule has 3 heterocycles. The third kappa shape index (κ3) is 1.89. The predicted molar refractivity (Wildman–Crippen MR) is 78.1 cm³/mol. The molecular weight excluding hydrogens is 252 g/mol. The van der Waals surface area contributed by atoms with Crippen LogP contribution >= 0.6 is 0 Å². The maximum absolute atomic E-state index is 5.88. The molecule has 3 aromatic rings. The summed E-state index contributed by atoms with van der Waals surface area (Å²) < 4.78 is 1.93. The first-order valence-corrected chi connectivity index (χ1v) is 6.71. The summed E-state index contributed by atoms with van der Waals surface area (Å²) in [4.78, 5) is 11.7. The normalized spacial score (nSPS) is 14.6. The SMILES string of the molecule is CCC(C)(CN)n1cc(-c2ncnc3[nH]ccc23)cn1. The number of H-pyrrole nitrogens is 1. The molecule has 0 saturated heterocycles. The van der Waals surface area contributed by atoms with E-state index in [1.807, 2.05) is 29.3 Å². The van der Waals surface area contributed by atoms with Crippen LogP contribution in [0.3, 0.4) is 0 Å². The van der Waals surface area contributed by atoms with Gasteiger partial charge in [-0.3, -0.25) is 4.68 Å². The Bertz CT molecular complexity index is 722. The summed E-state index contributed by atoms with van der Waals surface area (Å²) in [6.45, 7) is 4.77. The van der Waals surface area contributed by atoms with Gasteiger partial charge in [0.1, 0.15) is 12.0 Å². The van der Waals surface area contributed by atoms with Crippen LogP contribution in [-0.4, -0.2) is 31.3 Å². The monoisotopic (exact) mass is 270 g/mol. The lowest BCUT2D eigenvalue weighted by atomic mass is 10.00. The molecule has 3 rings (SSSR count). The first-order valence-electron chi connectivity index (χ1n) is 6.71. The third-order valence-corrected chi connectivity index (χ3v) is 3.96. The Hall–Kier alpha value is -2.21. The highest BCUT2D eigenvalue weighted by Crippen LogP contribution is 2.26. The molecule has 0 aliphatic carbocycles. The number of aromatic amines is 1. The fourth-order valence-corrected chi connectivity index (χ4v) is 2.24. The third-order valence-electron chi connectivity index (χ3n) is 3.96. The molecule has 0 saturated carbocycles. The van der Waals surface area contributed by atoms with Gasteiger partial charge in [0.2, 0.25) is 0 Å². The Balaban J connectivity index is 2.08. The van der Waals surface area contributed by atoms with Crippen LogP contribution in [0.25, 0.3) is 22.3 Å². The molecular formula is C14H18N6. The van der Waals surface area contributed by atoms with Gasteiger partial charge in [0.25, 0.3) is 0 Å². The summed E-state index contributed by atoms with van der Waals surface area (Å²) in [5.41, 5.74) is 8.41. The molecule has 0 radical (unpaired) electrons. The molecule has 0 bridgehead atoms. The minimum absolute atomic E-state index is 0.164. The van der Waals surface area contributed by atoms with Crippen molar-refractivity contribution in [3.05, 3.63) is 31.0 Å². The van der Waals surface area contributed by atoms with Crippen molar-refractivity contribution < 1.29 is 0 Å². The van der Waals surface area contributed by atoms with E-state index in [1.165, 1.54) is 0 Å². The number of nitrogens with zero attached hydrogens (tertiary/aromatic N) is 4. The average molecular weight is 270 g/mol. The van der Waals surface area contributed by atoms with Gasteiger partial charge in [-0.25, -0.2) is 9.97 Å². The van der Waals surface area contributed by atoms with E-state index in [1.54, 1.807) is 6.33 Å². The lowest BCUT2D eigenvalue weighted by molar-refractivity contribution is 0.285. The largest absolute Gasteiger partial charge is 0.346 e. The molecule has 3 aromatic heterocycles. The lowest BCUT2D eigenvalue weighted by Gasteiger charge is -2.26. The molecule has 1 atom stereocenters. The molecule has 6 heteroatoms. The van der Waals surface area contributed by atoms with Crippen molar-refractivity contribution in [1.82, 2.24) is 24.7 Å². The van der Waals surface area contributed by atoms with Gasteiger partial charge in [-0.05, 0) is 19.4 Å². The summed E-state index contributed by atoms with van der Waals surface area (Å²) in [5, 5.41) is 5.46. The molecule has 0 amide bonds. The molecule has 6 nitrogen and oxygen atoms in total. The number of hydrogen-bond donors (Lipinski definition) is 2. The topological polar surface area (TPSA) is 85.4 Å². The van der Waals surface area contributed by atoms with E-state index in [4.69, 9.17) is 5.73 Å². The van der Waals surface area contributed by atoms with Crippen molar-refractivity contribution in [3.63, 3.8) is 0 Å². The number of nitrogens with one attached hydrogen (secondary N) is 1. The van der Waals surface area contributed by atoms with Crippen LogP contribution in [0.4, 0.5) is 0 Å². The van der Waals surface area contributed by atoms with E-state index in [0.29, 0.717) is 6.54 Å². The average Bonchev–Trinajstić information content (AvgIpc) is 3.14. The zero-order valence-electron chi connectivity index (χ0n) is 11.7. The summed E-state index contributed by atoms with van der Waals surface area (Å²) in [6, 6.07) is 1.98. The summed E-state index contributed by atoms with van der Waals surface area (Å²) in [5.74, 6) is 0. The van der Waals surface area contributed by atoms with Crippen LogP contribution in [0.1, 0.15) is 20.3 Å². The van der Waals surface area contributed by atoms with E-state index in [0.717, 1.165) is 28.7 Å². The molecule has 0 aromatic carbocycles. The fourth-order valence-electron chi connectivity index (χ4n) is 2.24. The molecule has 104 valence electrons. The molecule has 1 unspecified atom stereocenters. The minimum Gasteiger partial charge on any atom is -0.346 e. The molecule has 20 heavy (non-hydrogen) atoms. The molecule has 3 N–H and O–H groups in total. The maximum atomic E-state index is 5.88. The second kappa shape index (κ2) is 4.72. The van der Waals surface area contributed by atoms with Gasteiger partial charge in [-0.1, -0.05) is 6.92 Å². The molecule has 0 aliphatic rings. The van der Waals surface area contributed by atoms with Gasteiger partial charge in [0, 0.05) is 29.9 Å². The van der Waals surface area contributed by atoms with Crippen LogP contribution in [0.15, 0.2) is 31.0 Å². The van der Waals surface area contributed by atoms with Gasteiger partial charge in [0.05, 0.1) is 17.4 Å². The standard InChI is InChI=1S/C14H18N6/c1-3-14(2,8-15)20-7-10(6-19-20)12-11-4-5-16-13(11)18-9-17-12/h4-7,9H,3,8,15H2,1-2H3,(H,16,17,18). The zero-order valence-corrected chi connectivity index (χ0v) is 11.7. The highest BCUT2D eigenvalue weighted by molar-refractivity contribution is 5.89. The van der Waals surface area contributed by atoms with Crippen molar-refractivity contribution in [3.8, 4) is 11.3 Å². The minimum atomic E-state index is -0.164. The Labute approximate surface area is 117 Å². The highest BCUT2D eigenvalue weighted by Gasteiger charge is 2.24. The van der Waals surface area contributed by atoms with Gasteiger partial charge in [-0.15, -0.1) is 0 Å². The van der Waals surface area contributed by atoms with Crippen molar-refractivity contribution >= 4 is 11.0 Å². The number of nitrogens with two attached hydrogens (primary N) is 1. The van der Waals surface area contributed by atoms with Crippen LogP contribution in [0.5, 0.6) is 0 Å². The zero-order chi connectivity index (χ0) is 14.2. The fraction of sp³-hybridized carbons (Fsp3) is 0.357. The van der Waals surface area contributed by atoms with Crippen molar-refractivity contribution in [2.45, 2.75) is 25.8 Å². The summed E-state index contributed by atoms with van der Waals surface area (Å²) in [6.07, 6.45) is 8.19. The van der Waals surface area contributed by atoms with Crippen LogP contribution in [0, 0.1) is 0 Å². The van der Waals surface area contributed by atoms with Crippen LogP contribution in [-0.2, 0) is 5.54 Å². The maximum Gasteiger partial charge on any atom is 0.141 e. The number of fused-ring (bicyclic) bond motifs is 1. The first kappa shape index (κ1) is 12.8. The quantitative estimate of drug-likeness (QED) is 0.758. The first-order chi connectivity index (χ1) is 9.68. The molecule has 0 aliphatic heterocycles. The van der Waals surface area contributed by atoms with E-state index < -0.39 is 0 Å². The van der Waals surface area contributed by atoms with Crippen LogP contribution in [0.2, 0.25) is 0 Å². The van der Waals surface area contributed by atoms with Crippen molar-refractivity contribution in [2.75, 3.05) is 6.54 Å². The Morgan fingerprint density at radius 1 is 1.40 bits per heavy atom. The van der Waals surface area contributed by atoms with Crippen molar-refractivity contribution in [2.24, 2.45) is 5.73 Å². The number of rotatable bonds is 4. The smallest absolute Gasteiger partial charge is 0.141 e. The van der Waals surface area contributed by atoms with Gasteiger partial charge >= 0.3 is 0 Å². The number of hydrogen-bond acceptors (Lipinski definition) is 4. The summed E-state index contributed by atoms with van der Waals surface area (Å²) in [7, 11) is 0. The highest BCUT2D eigenvalue weighted by atomic mass is 15.3. The van der Waals surface area contributed by atoms with E-state index in [2.05, 4.69) is 33.9 Å². The Morgan fingerprint density at radius 2 is 2.25 bits per heavy atom. The predicted octanol–water partition coefficient (Wildman–Crippen LogP) is 1.91. The summed E-state index contributed by atoms with van der Waals surface area (Å²) >= 11 is 0. The number of aromatic nitrogens is 5. The molecule has 0 fully saturated rings. The van der Waals surface area contributed by atoms with E-state index in [9.17, 15) is 0 Å². The van der Waals surface area contributed by atoms with E-state index >= 15 is 0 Å². The Kier molecular flexibility index (Phi) is 3.02. The Morgan fingerprint density at radius 3 is 3.00 bits per heavy atom. The lowest BCUT2D eigenvalue weighted by Crippen LogP contribution is -2.37. The van der Waals surface area contributed by atoms with Crippen molar-refractivity contribution in [1.29, 1.82) is 0 Å². The van der Waals surface area contributed by atoms with E-state index in [-0.39, 0.29) is 5.54 Å². The van der Waals surface area contributed by atoms with Gasteiger partial charge < -0.3 is 10.7 Å².